The lowest BCUT2D eigenvalue weighted by Gasteiger charge is -2.19. The summed E-state index contributed by atoms with van der Waals surface area (Å²) in [4.78, 5) is 5.73. The average molecular weight is 237 g/mol. The molecule has 0 bridgehead atoms. The predicted octanol–water partition coefficient (Wildman–Crippen LogP) is 2.43. The first-order valence-corrected chi connectivity index (χ1v) is 6.64. The lowest BCUT2D eigenvalue weighted by atomic mass is 9.91. The van der Waals surface area contributed by atoms with E-state index in [4.69, 9.17) is 0 Å². The first-order valence-electron chi connectivity index (χ1n) is 5.76. The van der Waals surface area contributed by atoms with Gasteiger partial charge >= 0.3 is 0 Å². The zero-order valence-corrected chi connectivity index (χ0v) is 10.9. The van der Waals surface area contributed by atoms with E-state index in [-0.39, 0.29) is 0 Å². The lowest BCUT2D eigenvalue weighted by Crippen LogP contribution is -2.25. The normalized spacial score (nSPS) is 13.8. The van der Waals surface area contributed by atoms with Gasteiger partial charge in [0.1, 0.15) is 0 Å². The molecule has 1 atom stereocenters. The monoisotopic (exact) mass is 237 g/mol. The molecule has 88 valence electrons. The van der Waals surface area contributed by atoms with Crippen molar-refractivity contribution in [1.29, 1.82) is 0 Å². The Morgan fingerprint density at radius 2 is 2.31 bits per heavy atom. The van der Waals surface area contributed by atoms with Crippen LogP contribution in [0.1, 0.15) is 19.5 Å². The number of nitrogens with zero attached hydrogens (tertiary/aromatic N) is 2. The van der Waals surface area contributed by atoms with Crippen LogP contribution < -0.4 is 5.32 Å². The molecule has 16 heavy (non-hydrogen) atoms. The standard InChI is InChI=1S/C12H19N3S/c1-9(2)10(7-13-3)6-11-8-15-4-5-16-12(15)14-11/h4-5,8-10,13H,6-7H2,1-3H3. The molecule has 0 aromatic carbocycles. The zero-order chi connectivity index (χ0) is 11.5. The van der Waals surface area contributed by atoms with Crippen LogP contribution >= 0.6 is 11.3 Å². The summed E-state index contributed by atoms with van der Waals surface area (Å²) in [7, 11) is 2.02. The molecule has 0 aliphatic rings. The number of hydrogen-bond donors (Lipinski definition) is 1. The van der Waals surface area contributed by atoms with Crippen LogP contribution in [0.5, 0.6) is 0 Å². The Hall–Kier alpha value is -0.870. The minimum atomic E-state index is 0.662. The molecule has 2 heterocycles. The van der Waals surface area contributed by atoms with Crippen molar-refractivity contribution >= 4 is 16.3 Å². The van der Waals surface area contributed by atoms with Gasteiger partial charge in [0, 0.05) is 17.8 Å². The van der Waals surface area contributed by atoms with Crippen molar-refractivity contribution in [3.05, 3.63) is 23.5 Å². The van der Waals surface area contributed by atoms with Gasteiger partial charge in [0.2, 0.25) is 0 Å². The van der Waals surface area contributed by atoms with Gasteiger partial charge in [-0.05, 0) is 31.8 Å². The molecule has 0 fully saturated rings. The highest BCUT2D eigenvalue weighted by atomic mass is 32.1. The third-order valence-electron chi connectivity index (χ3n) is 3.02. The molecule has 0 aliphatic heterocycles. The fourth-order valence-electron chi connectivity index (χ4n) is 1.95. The van der Waals surface area contributed by atoms with E-state index in [2.05, 4.69) is 46.3 Å². The Kier molecular flexibility index (Phi) is 3.61. The van der Waals surface area contributed by atoms with E-state index >= 15 is 0 Å². The van der Waals surface area contributed by atoms with Crippen molar-refractivity contribution in [1.82, 2.24) is 14.7 Å². The smallest absolute Gasteiger partial charge is 0.193 e. The molecule has 0 saturated heterocycles. The number of nitrogens with one attached hydrogen (secondary N) is 1. The highest BCUT2D eigenvalue weighted by Gasteiger charge is 2.15. The van der Waals surface area contributed by atoms with E-state index < -0.39 is 0 Å². The molecule has 0 aliphatic carbocycles. The van der Waals surface area contributed by atoms with E-state index in [0.717, 1.165) is 17.9 Å². The molecule has 0 saturated carbocycles. The molecule has 1 unspecified atom stereocenters. The average Bonchev–Trinajstić information content (AvgIpc) is 2.76. The van der Waals surface area contributed by atoms with Crippen LogP contribution in [0.3, 0.4) is 0 Å². The molecule has 0 spiro atoms. The SMILES string of the molecule is CNCC(Cc1cn2ccsc2n1)C(C)C. The van der Waals surface area contributed by atoms with E-state index in [9.17, 15) is 0 Å². The number of rotatable bonds is 5. The fraction of sp³-hybridized carbons (Fsp3) is 0.583. The van der Waals surface area contributed by atoms with Gasteiger partial charge in [0.05, 0.1) is 5.69 Å². The van der Waals surface area contributed by atoms with Gasteiger partial charge in [0.15, 0.2) is 4.96 Å². The van der Waals surface area contributed by atoms with Gasteiger partial charge in [0.25, 0.3) is 0 Å². The van der Waals surface area contributed by atoms with Gasteiger partial charge in [-0.25, -0.2) is 4.98 Å². The van der Waals surface area contributed by atoms with Crippen molar-refractivity contribution in [2.75, 3.05) is 13.6 Å². The fourth-order valence-corrected chi connectivity index (χ4v) is 2.67. The van der Waals surface area contributed by atoms with Crippen LogP contribution in [0, 0.1) is 11.8 Å². The maximum atomic E-state index is 4.63. The molecule has 0 radical (unpaired) electrons. The first-order chi connectivity index (χ1) is 7.70. The molecule has 4 heteroatoms. The minimum Gasteiger partial charge on any atom is -0.319 e. The summed E-state index contributed by atoms with van der Waals surface area (Å²) in [5.41, 5.74) is 1.21. The van der Waals surface area contributed by atoms with E-state index in [1.807, 2.05) is 7.05 Å². The van der Waals surface area contributed by atoms with Crippen LogP contribution in [0.2, 0.25) is 0 Å². The Balaban J connectivity index is 2.10. The van der Waals surface area contributed by atoms with Crippen LogP contribution in [-0.2, 0) is 6.42 Å². The summed E-state index contributed by atoms with van der Waals surface area (Å²) in [5.74, 6) is 1.35. The van der Waals surface area contributed by atoms with Gasteiger partial charge in [-0.1, -0.05) is 13.8 Å². The molecular weight excluding hydrogens is 218 g/mol. The Bertz CT molecular complexity index is 415. The second-order valence-corrected chi connectivity index (χ2v) is 5.46. The number of fused-ring (bicyclic) bond motifs is 1. The molecule has 1 N–H and O–H groups in total. The third kappa shape index (κ3) is 2.44. The lowest BCUT2D eigenvalue weighted by molar-refractivity contribution is 0.368. The van der Waals surface area contributed by atoms with Crippen LogP contribution in [0.15, 0.2) is 17.8 Å². The van der Waals surface area contributed by atoms with Crippen molar-refractivity contribution in [2.24, 2.45) is 11.8 Å². The van der Waals surface area contributed by atoms with Crippen LogP contribution in [0.25, 0.3) is 4.96 Å². The maximum absolute atomic E-state index is 4.63. The second kappa shape index (κ2) is 4.97. The number of imidazole rings is 1. The van der Waals surface area contributed by atoms with E-state index in [1.54, 1.807) is 11.3 Å². The predicted molar refractivity (Wildman–Crippen MR) is 69.0 cm³/mol. The Labute approximate surface area is 101 Å². The van der Waals surface area contributed by atoms with Crippen LogP contribution in [0.4, 0.5) is 0 Å². The summed E-state index contributed by atoms with van der Waals surface area (Å²) < 4.78 is 2.11. The highest BCUT2D eigenvalue weighted by Crippen LogP contribution is 2.18. The maximum Gasteiger partial charge on any atom is 0.193 e. The van der Waals surface area contributed by atoms with Gasteiger partial charge in [-0.3, -0.25) is 4.40 Å². The van der Waals surface area contributed by atoms with Gasteiger partial charge < -0.3 is 5.32 Å². The topological polar surface area (TPSA) is 29.3 Å². The molecule has 2 aromatic rings. The Morgan fingerprint density at radius 3 is 2.94 bits per heavy atom. The van der Waals surface area contributed by atoms with Crippen molar-refractivity contribution in [3.8, 4) is 0 Å². The summed E-state index contributed by atoms with van der Waals surface area (Å²) >= 11 is 1.69. The largest absolute Gasteiger partial charge is 0.319 e. The van der Waals surface area contributed by atoms with Gasteiger partial charge in [-0.2, -0.15) is 0 Å². The van der Waals surface area contributed by atoms with Gasteiger partial charge in [-0.15, -0.1) is 11.3 Å². The van der Waals surface area contributed by atoms with E-state index in [0.29, 0.717) is 11.8 Å². The summed E-state index contributed by atoms with van der Waals surface area (Å²) in [5, 5.41) is 5.33. The summed E-state index contributed by atoms with van der Waals surface area (Å²) in [6.45, 7) is 5.61. The molecule has 2 rings (SSSR count). The summed E-state index contributed by atoms with van der Waals surface area (Å²) in [6, 6.07) is 0. The number of hydrogen-bond acceptors (Lipinski definition) is 3. The number of aromatic nitrogens is 2. The highest BCUT2D eigenvalue weighted by molar-refractivity contribution is 7.15. The molecular formula is C12H19N3S. The van der Waals surface area contributed by atoms with Crippen molar-refractivity contribution < 1.29 is 0 Å². The number of thiazole rings is 1. The minimum absolute atomic E-state index is 0.662. The van der Waals surface area contributed by atoms with Crippen molar-refractivity contribution in [3.63, 3.8) is 0 Å². The second-order valence-electron chi connectivity index (χ2n) is 4.59. The third-order valence-corrected chi connectivity index (χ3v) is 3.79. The van der Waals surface area contributed by atoms with Crippen LogP contribution in [-0.4, -0.2) is 23.0 Å². The van der Waals surface area contributed by atoms with Crippen molar-refractivity contribution in [2.45, 2.75) is 20.3 Å². The first kappa shape index (κ1) is 11.6. The Morgan fingerprint density at radius 1 is 1.50 bits per heavy atom. The van der Waals surface area contributed by atoms with E-state index in [1.165, 1.54) is 5.69 Å². The molecule has 2 aromatic heterocycles. The quantitative estimate of drug-likeness (QED) is 0.865. The summed E-state index contributed by atoms with van der Waals surface area (Å²) in [6.07, 6.45) is 5.28. The molecule has 3 nitrogen and oxygen atoms in total. The zero-order valence-electron chi connectivity index (χ0n) is 10.1. The molecule has 0 amide bonds.